The number of ether oxygens (including phenoxy) is 2. The molecule has 0 aliphatic carbocycles. The largest absolute Gasteiger partial charge is 0.472 e. The second kappa shape index (κ2) is 42.5. The lowest BCUT2D eigenvalue weighted by Gasteiger charge is -2.20. The van der Waals surface area contributed by atoms with Gasteiger partial charge in [0.25, 0.3) is 0 Å². The molecule has 0 spiro atoms. The van der Waals surface area contributed by atoms with Gasteiger partial charge in [-0.15, -0.1) is 0 Å². The van der Waals surface area contributed by atoms with Gasteiger partial charge in [-0.1, -0.05) is 164 Å². The highest BCUT2D eigenvalue weighted by Gasteiger charge is 2.26. The van der Waals surface area contributed by atoms with E-state index < -0.39 is 45.8 Å². The molecule has 9 nitrogen and oxygen atoms in total. The first-order valence-electron chi connectivity index (χ1n) is 21.9. The molecule has 0 aliphatic heterocycles. The van der Waals surface area contributed by atoms with E-state index in [0.29, 0.717) is 19.4 Å². The van der Waals surface area contributed by atoms with Crippen molar-refractivity contribution in [3.63, 3.8) is 0 Å². The van der Waals surface area contributed by atoms with Crippen LogP contribution in [-0.4, -0.2) is 66.3 Å². The minimum Gasteiger partial charge on any atom is -0.457 e. The van der Waals surface area contributed by atoms with E-state index in [9.17, 15) is 19.4 Å². The fraction of sp³-hybridized carbons (Fsp3) is 0.717. The number of phosphoric acid groups is 1. The van der Waals surface area contributed by atoms with Crippen LogP contribution in [0.4, 0.5) is 0 Å². The van der Waals surface area contributed by atoms with Gasteiger partial charge in [0, 0.05) is 6.42 Å². The smallest absolute Gasteiger partial charge is 0.457 e. The summed E-state index contributed by atoms with van der Waals surface area (Å²) in [6.45, 7) is 3.16. The standard InChI is InChI=1S/C46H81O9P/c1-3-5-7-9-11-13-15-17-19-21-22-23-24-26-28-30-32-34-36-38-46(49)55-45(43-54-56(50,51)53-41-44(48)40-47)42-52-39-37-35-33-31-29-27-25-20-18-16-14-12-10-8-6-4-2/h6,8,12,14,17-20,27,29,33,35,44-45,47-48H,3-5,7,9-11,13,15-16,21-26,28,30-32,34,36-43H2,1-2H3,(H,50,51)/b8-6-,14-12-,19-17-,20-18-,29-27-,35-33-. The number of phosphoric ester groups is 1. The second-order valence-electron chi connectivity index (χ2n) is 14.3. The van der Waals surface area contributed by atoms with Gasteiger partial charge in [0.2, 0.25) is 0 Å². The van der Waals surface area contributed by atoms with Gasteiger partial charge in [-0.2, -0.15) is 0 Å². The highest BCUT2D eigenvalue weighted by Crippen LogP contribution is 2.43. The number of esters is 1. The summed E-state index contributed by atoms with van der Waals surface area (Å²) in [5, 5.41) is 18.3. The van der Waals surface area contributed by atoms with Gasteiger partial charge >= 0.3 is 13.8 Å². The third kappa shape index (κ3) is 41.5. The van der Waals surface area contributed by atoms with E-state index >= 15 is 0 Å². The number of carbonyl (C=O) groups is 1. The minimum absolute atomic E-state index is 0.00874. The second-order valence-corrected chi connectivity index (χ2v) is 15.8. The van der Waals surface area contributed by atoms with Crippen molar-refractivity contribution in [2.24, 2.45) is 0 Å². The first-order chi connectivity index (χ1) is 27.3. The zero-order valence-electron chi connectivity index (χ0n) is 35.3. The van der Waals surface area contributed by atoms with E-state index in [1.165, 1.54) is 83.5 Å². The Kier molecular flexibility index (Phi) is 40.9. The van der Waals surface area contributed by atoms with Crippen LogP contribution >= 0.6 is 7.82 Å². The molecule has 3 unspecified atom stereocenters. The predicted molar refractivity (Wildman–Crippen MR) is 233 cm³/mol. The number of hydrogen-bond acceptors (Lipinski definition) is 8. The van der Waals surface area contributed by atoms with Crippen LogP contribution in [0.25, 0.3) is 0 Å². The first-order valence-corrected chi connectivity index (χ1v) is 23.4. The zero-order chi connectivity index (χ0) is 41.1. The molecule has 0 aromatic carbocycles. The number of aliphatic hydroxyl groups is 2. The van der Waals surface area contributed by atoms with Crippen LogP contribution < -0.4 is 0 Å². The number of carbonyl (C=O) groups excluding carboxylic acids is 1. The van der Waals surface area contributed by atoms with E-state index in [1.807, 2.05) is 6.08 Å². The maximum Gasteiger partial charge on any atom is 0.472 e. The summed E-state index contributed by atoms with van der Waals surface area (Å²) in [7, 11) is -4.54. The number of unbranched alkanes of at least 4 members (excludes halogenated alkanes) is 15. The molecule has 0 aromatic heterocycles. The average molecular weight is 809 g/mol. The lowest BCUT2D eigenvalue weighted by molar-refractivity contribution is -0.154. The molecule has 0 amide bonds. The van der Waals surface area contributed by atoms with Crippen molar-refractivity contribution in [3.05, 3.63) is 72.9 Å². The Bertz CT molecular complexity index is 1100. The van der Waals surface area contributed by atoms with E-state index in [0.717, 1.165) is 51.4 Å². The topological polar surface area (TPSA) is 132 Å². The predicted octanol–water partition coefficient (Wildman–Crippen LogP) is 12.1. The highest BCUT2D eigenvalue weighted by atomic mass is 31.2. The van der Waals surface area contributed by atoms with Crippen LogP contribution in [0.15, 0.2) is 72.9 Å². The Morgan fingerprint density at radius 3 is 1.54 bits per heavy atom. The Morgan fingerprint density at radius 2 is 1.02 bits per heavy atom. The summed E-state index contributed by atoms with van der Waals surface area (Å²) in [4.78, 5) is 22.6. The van der Waals surface area contributed by atoms with Crippen LogP contribution in [0.1, 0.15) is 168 Å². The maximum absolute atomic E-state index is 12.6. The molecule has 0 heterocycles. The van der Waals surface area contributed by atoms with E-state index in [1.54, 1.807) is 0 Å². The normalized spacial score (nSPS) is 14.7. The summed E-state index contributed by atoms with van der Waals surface area (Å²) in [5.74, 6) is -0.412. The third-order valence-electron chi connectivity index (χ3n) is 8.90. The molecule has 0 saturated carbocycles. The van der Waals surface area contributed by atoms with E-state index in [-0.39, 0.29) is 13.0 Å². The molecule has 0 aromatic rings. The van der Waals surface area contributed by atoms with Crippen LogP contribution in [0.2, 0.25) is 0 Å². The molecule has 56 heavy (non-hydrogen) atoms. The molecular weight excluding hydrogens is 727 g/mol. The van der Waals surface area contributed by atoms with Gasteiger partial charge in [-0.05, 0) is 70.6 Å². The minimum atomic E-state index is -4.54. The Hall–Kier alpha value is -2.10. The van der Waals surface area contributed by atoms with Gasteiger partial charge in [0.1, 0.15) is 12.2 Å². The van der Waals surface area contributed by atoms with Crippen molar-refractivity contribution in [3.8, 4) is 0 Å². The number of hydrogen-bond donors (Lipinski definition) is 3. The third-order valence-corrected chi connectivity index (χ3v) is 9.85. The Labute approximate surface area is 342 Å². The van der Waals surface area contributed by atoms with Crippen molar-refractivity contribution < 1.29 is 43.0 Å². The van der Waals surface area contributed by atoms with Crippen LogP contribution in [0.3, 0.4) is 0 Å². The lowest BCUT2D eigenvalue weighted by Crippen LogP contribution is -2.29. The maximum atomic E-state index is 12.6. The first kappa shape index (κ1) is 53.9. The number of rotatable bonds is 41. The van der Waals surface area contributed by atoms with Gasteiger partial charge in [0.15, 0.2) is 0 Å². The Morgan fingerprint density at radius 1 is 0.571 bits per heavy atom. The molecule has 10 heteroatoms. The molecule has 0 rings (SSSR count). The molecular formula is C46H81O9P. The highest BCUT2D eigenvalue weighted by molar-refractivity contribution is 7.47. The monoisotopic (exact) mass is 809 g/mol. The van der Waals surface area contributed by atoms with Crippen LogP contribution in [0, 0.1) is 0 Å². The zero-order valence-corrected chi connectivity index (χ0v) is 36.2. The molecule has 0 aliphatic rings. The molecule has 3 atom stereocenters. The summed E-state index contributed by atoms with van der Waals surface area (Å²) in [6.07, 6.45) is 50.3. The molecule has 0 bridgehead atoms. The van der Waals surface area contributed by atoms with Crippen molar-refractivity contribution >= 4 is 13.8 Å². The average Bonchev–Trinajstić information content (AvgIpc) is 3.19. The van der Waals surface area contributed by atoms with Gasteiger partial charge in [-0.3, -0.25) is 13.8 Å². The Balaban J connectivity index is 4.27. The summed E-state index contributed by atoms with van der Waals surface area (Å²) < 4.78 is 33.2. The molecule has 0 radical (unpaired) electrons. The van der Waals surface area contributed by atoms with E-state index in [2.05, 4.69) is 80.7 Å². The van der Waals surface area contributed by atoms with Crippen molar-refractivity contribution in [2.75, 3.05) is 33.0 Å². The molecule has 0 saturated heterocycles. The van der Waals surface area contributed by atoms with Crippen LogP contribution in [0.5, 0.6) is 0 Å². The molecule has 0 fully saturated rings. The van der Waals surface area contributed by atoms with Gasteiger partial charge < -0.3 is 24.6 Å². The van der Waals surface area contributed by atoms with Crippen LogP contribution in [-0.2, 0) is 27.9 Å². The molecule has 3 N–H and O–H groups in total. The van der Waals surface area contributed by atoms with Crippen molar-refractivity contribution in [1.29, 1.82) is 0 Å². The van der Waals surface area contributed by atoms with Gasteiger partial charge in [0.05, 0.1) is 33.0 Å². The SMILES string of the molecule is CC/C=C\C/C=C\C/C=C\C/C=C\C/C=C\CCOCC(COP(=O)(O)OCC(O)CO)OC(=O)CCCCCCCCCCC/C=C\CCCCCCCC. The lowest BCUT2D eigenvalue weighted by atomic mass is 10.1. The summed E-state index contributed by atoms with van der Waals surface area (Å²) in [5.41, 5.74) is 0. The number of aliphatic hydroxyl groups excluding tert-OH is 2. The number of allylic oxidation sites excluding steroid dienone is 11. The van der Waals surface area contributed by atoms with Gasteiger partial charge in [-0.25, -0.2) is 4.57 Å². The summed E-state index contributed by atoms with van der Waals surface area (Å²) >= 11 is 0. The summed E-state index contributed by atoms with van der Waals surface area (Å²) in [6, 6.07) is 0. The van der Waals surface area contributed by atoms with Crippen molar-refractivity contribution in [1.82, 2.24) is 0 Å². The van der Waals surface area contributed by atoms with E-state index in [4.69, 9.17) is 23.6 Å². The quantitative estimate of drug-likeness (QED) is 0.0239. The van der Waals surface area contributed by atoms with Crippen molar-refractivity contribution in [2.45, 2.75) is 180 Å². The molecule has 324 valence electrons. The fourth-order valence-corrected chi connectivity index (χ4v) is 6.38. The fourth-order valence-electron chi connectivity index (χ4n) is 5.59.